The lowest BCUT2D eigenvalue weighted by atomic mass is 10.3. The largest absolute Gasteiger partial charge is 0.287 e. The molecular formula is C13H10N4S. The van der Waals surface area contributed by atoms with E-state index in [0.717, 1.165) is 21.7 Å². The van der Waals surface area contributed by atoms with Crippen LogP contribution in [0.1, 0.15) is 5.69 Å². The second-order valence-corrected chi connectivity index (χ2v) is 5.18. The zero-order valence-corrected chi connectivity index (χ0v) is 10.5. The van der Waals surface area contributed by atoms with Crippen molar-refractivity contribution in [1.29, 1.82) is 0 Å². The highest BCUT2D eigenvalue weighted by Gasteiger charge is 2.15. The van der Waals surface area contributed by atoms with E-state index >= 15 is 0 Å². The standard InChI is InChI=1S/C13H10N4S/c1-8-12(10-6-7-14-16-10)18-13-15-9-4-2-3-5-11(9)17(8)13/h2-7H,1H3,(H,14,16). The number of benzene rings is 1. The lowest BCUT2D eigenvalue weighted by Gasteiger charge is -1.96. The Morgan fingerprint density at radius 1 is 1.22 bits per heavy atom. The Balaban J connectivity index is 2.12. The first-order chi connectivity index (χ1) is 8.84. The molecule has 0 aliphatic heterocycles. The number of nitrogens with zero attached hydrogens (tertiary/aromatic N) is 3. The Morgan fingerprint density at radius 3 is 2.94 bits per heavy atom. The van der Waals surface area contributed by atoms with Crippen LogP contribution in [-0.2, 0) is 0 Å². The first-order valence-electron chi connectivity index (χ1n) is 5.71. The van der Waals surface area contributed by atoms with E-state index in [2.05, 4.69) is 32.6 Å². The molecule has 0 spiro atoms. The van der Waals surface area contributed by atoms with Crippen LogP contribution in [0.15, 0.2) is 36.5 Å². The van der Waals surface area contributed by atoms with Crippen molar-refractivity contribution in [2.45, 2.75) is 6.92 Å². The van der Waals surface area contributed by atoms with Gasteiger partial charge in [-0.05, 0) is 25.1 Å². The van der Waals surface area contributed by atoms with Crippen LogP contribution in [0, 0.1) is 6.92 Å². The molecule has 3 aromatic heterocycles. The Kier molecular flexibility index (Phi) is 1.87. The van der Waals surface area contributed by atoms with Crippen LogP contribution in [0.3, 0.4) is 0 Å². The van der Waals surface area contributed by atoms with Crippen LogP contribution < -0.4 is 0 Å². The molecule has 0 radical (unpaired) electrons. The molecule has 0 saturated heterocycles. The molecule has 1 N–H and O–H groups in total. The normalized spacial score (nSPS) is 11.6. The highest BCUT2D eigenvalue weighted by Crippen LogP contribution is 2.33. The minimum Gasteiger partial charge on any atom is -0.287 e. The molecule has 0 atom stereocenters. The van der Waals surface area contributed by atoms with Gasteiger partial charge in [0, 0.05) is 11.9 Å². The number of rotatable bonds is 1. The summed E-state index contributed by atoms with van der Waals surface area (Å²) in [5, 5.41) is 7.02. The molecule has 0 aliphatic rings. The Hall–Kier alpha value is -2.14. The van der Waals surface area contributed by atoms with Crippen molar-refractivity contribution in [3.8, 4) is 10.6 Å². The van der Waals surface area contributed by atoms with Gasteiger partial charge in [0.15, 0.2) is 4.96 Å². The van der Waals surface area contributed by atoms with E-state index in [1.165, 1.54) is 10.6 Å². The van der Waals surface area contributed by atoms with Gasteiger partial charge in [-0.3, -0.25) is 9.50 Å². The van der Waals surface area contributed by atoms with Crippen molar-refractivity contribution < 1.29 is 0 Å². The molecule has 18 heavy (non-hydrogen) atoms. The highest BCUT2D eigenvalue weighted by atomic mass is 32.1. The number of imidazole rings is 1. The molecule has 4 nitrogen and oxygen atoms in total. The molecule has 3 heterocycles. The van der Waals surface area contributed by atoms with Gasteiger partial charge in [-0.15, -0.1) is 0 Å². The van der Waals surface area contributed by atoms with Crippen molar-refractivity contribution in [1.82, 2.24) is 19.6 Å². The van der Waals surface area contributed by atoms with Crippen molar-refractivity contribution in [2.75, 3.05) is 0 Å². The maximum atomic E-state index is 4.65. The minimum absolute atomic E-state index is 1.03. The average Bonchev–Trinajstić information content (AvgIpc) is 3.05. The van der Waals surface area contributed by atoms with Crippen molar-refractivity contribution >= 4 is 27.3 Å². The number of aromatic amines is 1. The van der Waals surface area contributed by atoms with E-state index in [0.29, 0.717) is 0 Å². The predicted molar refractivity (Wildman–Crippen MR) is 72.9 cm³/mol. The molecule has 0 aliphatic carbocycles. The van der Waals surface area contributed by atoms with Gasteiger partial charge in [0.25, 0.3) is 0 Å². The smallest absolute Gasteiger partial charge is 0.195 e. The molecule has 0 saturated carbocycles. The molecular weight excluding hydrogens is 244 g/mol. The fourth-order valence-electron chi connectivity index (χ4n) is 2.30. The molecule has 4 rings (SSSR count). The maximum Gasteiger partial charge on any atom is 0.195 e. The minimum atomic E-state index is 1.03. The third-order valence-electron chi connectivity index (χ3n) is 3.13. The van der Waals surface area contributed by atoms with Gasteiger partial charge < -0.3 is 0 Å². The summed E-state index contributed by atoms with van der Waals surface area (Å²) >= 11 is 1.69. The number of hydrogen-bond acceptors (Lipinski definition) is 3. The Labute approximate surface area is 107 Å². The zero-order valence-electron chi connectivity index (χ0n) is 9.71. The number of aromatic nitrogens is 4. The Morgan fingerprint density at radius 2 is 2.11 bits per heavy atom. The molecule has 88 valence electrons. The van der Waals surface area contributed by atoms with Gasteiger partial charge in [0.05, 0.1) is 21.6 Å². The summed E-state index contributed by atoms with van der Waals surface area (Å²) in [4.78, 5) is 6.88. The van der Waals surface area contributed by atoms with Crippen LogP contribution in [-0.4, -0.2) is 19.6 Å². The number of thiazole rings is 1. The van der Waals surface area contributed by atoms with Gasteiger partial charge >= 0.3 is 0 Å². The fourth-order valence-corrected chi connectivity index (χ4v) is 3.41. The van der Waals surface area contributed by atoms with Gasteiger partial charge in [0.1, 0.15) is 0 Å². The van der Waals surface area contributed by atoms with Crippen LogP contribution in [0.2, 0.25) is 0 Å². The molecule has 1 aromatic carbocycles. The maximum absolute atomic E-state index is 4.65. The number of nitrogens with one attached hydrogen (secondary N) is 1. The fraction of sp³-hybridized carbons (Fsp3) is 0.0769. The average molecular weight is 254 g/mol. The van der Waals surface area contributed by atoms with Gasteiger partial charge in [0.2, 0.25) is 0 Å². The van der Waals surface area contributed by atoms with Gasteiger partial charge in [-0.25, -0.2) is 4.98 Å². The van der Waals surface area contributed by atoms with Crippen molar-refractivity contribution in [2.24, 2.45) is 0 Å². The SMILES string of the molecule is Cc1c(-c2ccn[nH]2)sc2nc3ccccc3n12. The van der Waals surface area contributed by atoms with Gasteiger partial charge in [-0.1, -0.05) is 23.5 Å². The van der Waals surface area contributed by atoms with Crippen LogP contribution in [0.5, 0.6) is 0 Å². The second kappa shape index (κ2) is 3.43. The summed E-state index contributed by atoms with van der Waals surface area (Å²) < 4.78 is 2.20. The van der Waals surface area contributed by atoms with E-state index in [1.807, 2.05) is 24.3 Å². The van der Waals surface area contributed by atoms with Crippen LogP contribution in [0.25, 0.3) is 26.6 Å². The lowest BCUT2D eigenvalue weighted by molar-refractivity contribution is 1.09. The predicted octanol–water partition coefficient (Wildman–Crippen LogP) is 3.25. The number of hydrogen-bond donors (Lipinski definition) is 1. The van der Waals surface area contributed by atoms with E-state index in [9.17, 15) is 0 Å². The van der Waals surface area contributed by atoms with E-state index < -0.39 is 0 Å². The highest BCUT2D eigenvalue weighted by molar-refractivity contribution is 7.20. The number of H-pyrrole nitrogens is 1. The topological polar surface area (TPSA) is 46.0 Å². The van der Waals surface area contributed by atoms with Gasteiger partial charge in [-0.2, -0.15) is 5.10 Å². The zero-order chi connectivity index (χ0) is 12.1. The van der Waals surface area contributed by atoms with Crippen LogP contribution in [0.4, 0.5) is 0 Å². The summed E-state index contributed by atoms with van der Waals surface area (Å²) in [5.41, 5.74) is 4.45. The summed E-state index contributed by atoms with van der Waals surface area (Å²) in [7, 11) is 0. The molecule has 0 amide bonds. The van der Waals surface area contributed by atoms with E-state index in [4.69, 9.17) is 0 Å². The number of fused-ring (bicyclic) bond motifs is 3. The third-order valence-corrected chi connectivity index (χ3v) is 4.31. The monoisotopic (exact) mass is 254 g/mol. The first-order valence-corrected chi connectivity index (χ1v) is 6.52. The Bertz CT molecular complexity index is 839. The first kappa shape index (κ1) is 9.85. The second-order valence-electron chi connectivity index (χ2n) is 4.21. The third kappa shape index (κ3) is 1.19. The van der Waals surface area contributed by atoms with Crippen molar-refractivity contribution in [3.05, 3.63) is 42.2 Å². The molecule has 0 unspecified atom stereocenters. The number of aryl methyl sites for hydroxylation is 1. The summed E-state index contributed by atoms with van der Waals surface area (Å²) in [6, 6.07) is 10.2. The molecule has 0 bridgehead atoms. The van der Waals surface area contributed by atoms with Crippen LogP contribution >= 0.6 is 11.3 Å². The van der Waals surface area contributed by atoms with E-state index in [-0.39, 0.29) is 0 Å². The molecule has 4 aromatic rings. The summed E-state index contributed by atoms with van der Waals surface area (Å²) in [6.45, 7) is 2.12. The van der Waals surface area contributed by atoms with E-state index in [1.54, 1.807) is 17.5 Å². The molecule has 0 fully saturated rings. The molecule has 5 heteroatoms. The summed E-state index contributed by atoms with van der Waals surface area (Å²) in [6.07, 6.45) is 1.77. The van der Waals surface area contributed by atoms with Crippen molar-refractivity contribution in [3.63, 3.8) is 0 Å². The lowest BCUT2D eigenvalue weighted by Crippen LogP contribution is -1.85. The number of para-hydroxylation sites is 2. The summed E-state index contributed by atoms with van der Waals surface area (Å²) in [5.74, 6) is 0. The quantitative estimate of drug-likeness (QED) is 0.566.